The first-order valence-corrected chi connectivity index (χ1v) is 11.7. The van der Waals surface area contributed by atoms with Crippen LogP contribution in [0.15, 0.2) is 52.5 Å². The van der Waals surface area contributed by atoms with Gasteiger partial charge in [-0.15, -0.1) is 0 Å². The highest BCUT2D eigenvalue weighted by Crippen LogP contribution is 2.40. The van der Waals surface area contributed by atoms with Crippen molar-refractivity contribution in [2.45, 2.75) is 39.2 Å². The van der Waals surface area contributed by atoms with Crippen LogP contribution in [0.1, 0.15) is 54.5 Å². The van der Waals surface area contributed by atoms with Gasteiger partial charge in [-0.3, -0.25) is 9.59 Å². The fourth-order valence-corrected chi connectivity index (χ4v) is 4.27. The lowest BCUT2D eigenvalue weighted by atomic mass is 9.93. The van der Waals surface area contributed by atoms with E-state index in [4.69, 9.17) is 0 Å². The molecule has 1 heterocycles. The summed E-state index contributed by atoms with van der Waals surface area (Å²) < 4.78 is 0.916. The van der Waals surface area contributed by atoms with E-state index in [0.29, 0.717) is 18.0 Å². The molecule has 1 N–H and O–H groups in total. The van der Waals surface area contributed by atoms with Crippen molar-refractivity contribution in [2.75, 3.05) is 27.2 Å². The van der Waals surface area contributed by atoms with Gasteiger partial charge in [0.05, 0.1) is 11.6 Å². The second-order valence-corrected chi connectivity index (χ2v) is 9.79. The van der Waals surface area contributed by atoms with Crippen molar-refractivity contribution in [2.24, 2.45) is 0 Å². The van der Waals surface area contributed by atoms with Crippen LogP contribution in [0.4, 0.5) is 0 Å². The van der Waals surface area contributed by atoms with Gasteiger partial charge < -0.3 is 14.9 Å². The van der Waals surface area contributed by atoms with E-state index in [1.165, 1.54) is 5.56 Å². The highest BCUT2D eigenvalue weighted by Gasteiger charge is 2.45. The lowest BCUT2D eigenvalue weighted by Crippen LogP contribution is -2.32. The molecular formula is C26H31BrN2O3. The van der Waals surface area contributed by atoms with Crippen molar-refractivity contribution >= 4 is 33.4 Å². The minimum absolute atomic E-state index is 0.132. The third kappa shape index (κ3) is 4.97. The molecule has 0 aromatic heterocycles. The number of amides is 1. The second kappa shape index (κ2) is 10.0. The number of halogens is 1. The SMILES string of the molecule is Cc1cc(/C(O)=C2/C(=O)C(=O)N(CCCN(C)C)C2c2ccc(C(C)C)cc2)ccc1Br. The zero-order valence-corrected chi connectivity index (χ0v) is 20.9. The number of ketones is 1. The molecule has 1 saturated heterocycles. The molecular weight excluding hydrogens is 468 g/mol. The minimum Gasteiger partial charge on any atom is -0.507 e. The number of likely N-dealkylation sites (tertiary alicyclic amines) is 1. The van der Waals surface area contributed by atoms with Crippen LogP contribution >= 0.6 is 15.9 Å². The number of aryl methyl sites for hydroxylation is 1. The summed E-state index contributed by atoms with van der Waals surface area (Å²) in [6.07, 6.45) is 0.734. The maximum absolute atomic E-state index is 13.1. The van der Waals surface area contributed by atoms with E-state index in [9.17, 15) is 14.7 Å². The Morgan fingerprint density at radius 1 is 1.12 bits per heavy atom. The quantitative estimate of drug-likeness (QED) is 0.321. The molecule has 0 aliphatic carbocycles. The fourth-order valence-electron chi connectivity index (χ4n) is 4.03. The van der Waals surface area contributed by atoms with Crippen molar-refractivity contribution in [1.82, 2.24) is 9.80 Å². The largest absolute Gasteiger partial charge is 0.507 e. The van der Waals surface area contributed by atoms with Crippen LogP contribution in [-0.4, -0.2) is 53.8 Å². The Kier molecular flexibility index (Phi) is 7.57. The Morgan fingerprint density at radius 2 is 1.78 bits per heavy atom. The summed E-state index contributed by atoms with van der Waals surface area (Å²) in [6.45, 7) is 7.41. The summed E-state index contributed by atoms with van der Waals surface area (Å²) in [6, 6.07) is 12.8. The number of nitrogens with zero attached hydrogens (tertiary/aromatic N) is 2. The van der Waals surface area contributed by atoms with Crippen LogP contribution in [0.3, 0.4) is 0 Å². The van der Waals surface area contributed by atoms with Gasteiger partial charge in [-0.1, -0.05) is 60.1 Å². The normalized spacial score (nSPS) is 18.2. The molecule has 1 unspecified atom stereocenters. The number of rotatable bonds is 7. The molecule has 5 nitrogen and oxygen atoms in total. The number of hydrogen-bond donors (Lipinski definition) is 1. The van der Waals surface area contributed by atoms with E-state index in [2.05, 4.69) is 29.8 Å². The molecule has 170 valence electrons. The minimum atomic E-state index is -0.633. The predicted octanol–water partition coefficient (Wildman–Crippen LogP) is 5.25. The number of carbonyl (C=O) groups is 2. The first-order chi connectivity index (χ1) is 15.1. The van der Waals surface area contributed by atoms with Crippen molar-refractivity contribution < 1.29 is 14.7 Å². The van der Waals surface area contributed by atoms with Crippen molar-refractivity contribution in [3.63, 3.8) is 0 Å². The Labute approximate surface area is 198 Å². The Hall–Kier alpha value is -2.44. The first kappa shape index (κ1) is 24.2. The predicted molar refractivity (Wildman–Crippen MR) is 132 cm³/mol. The number of aliphatic hydroxyl groups is 1. The van der Waals surface area contributed by atoms with E-state index in [-0.39, 0.29) is 11.3 Å². The van der Waals surface area contributed by atoms with E-state index in [0.717, 1.165) is 28.6 Å². The van der Waals surface area contributed by atoms with Gasteiger partial charge in [0.15, 0.2) is 0 Å². The van der Waals surface area contributed by atoms with Gasteiger partial charge >= 0.3 is 0 Å². The molecule has 1 aliphatic rings. The van der Waals surface area contributed by atoms with Crippen molar-refractivity contribution in [3.8, 4) is 0 Å². The lowest BCUT2D eigenvalue weighted by Gasteiger charge is -2.26. The van der Waals surface area contributed by atoms with Crippen molar-refractivity contribution in [1.29, 1.82) is 0 Å². The average Bonchev–Trinajstić information content (AvgIpc) is 3.00. The summed E-state index contributed by atoms with van der Waals surface area (Å²) >= 11 is 3.47. The van der Waals surface area contributed by atoms with E-state index in [1.54, 1.807) is 11.0 Å². The Morgan fingerprint density at radius 3 is 2.34 bits per heavy atom. The molecule has 1 fully saturated rings. The molecule has 0 saturated carbocycles. The molecule has 0 spiro atoms. The topological polar surface area (TPSA) is 60.9 Å². The smallest absolute Gasteiger partial charge is 0.295 e. The summed E-state index contributed by atoms with van der Waals surface area (Å²) in [5.41, 5.74) is 3.63. The van der Waals surface area contributed by atoms with E-state index in [1.807, 2.05) is 62.3 Å². The average molecular weight is 499 g/mol. The second-order valence-electron chi connectivity index (χ2n) is 8.93. The highest BCUT2D eigenvalue weighted by molar-refractivity contribution is 9.10. The van der Waals surface area contributed by atoms with E-state index < -0.39 is 17.7 Å². The summed E-state index contributed by atoms with van der Waals surface area (Å²) in [5.74, 6) is -0.948. The molecule has 2 aromatic carbocycles. The number of Topliss-reactive ketones (excluding diaryl/α,β-unsaturated/α-hetero) is 1. The number of carbonyl (C=O) groups excluding carboxylic acids is 2. The van der Waals surface area contributed by atoms with Crippen LogP contribution in [0.5, 0.6) is 0 Å². The van der Waals surface area contributed by atoms with Crippen LogP contribution in [-0.2, 0) is 9.59 Å². The molecule has 1 amide bonds. The Bertz CT molecular complexity index is 1040. The molecule has 32 heavy (non-hydrogen) atoms. The third-order valence-corrected chi connectivity index (χ3v) is 6.78. The highest BCUT2D eigenvalue weighted by atomic mass is 79.9. The zero-order chi connectivity index (χ0) is 23.6. The van der Waals surface area contributed by atoms with Gasteiger partial charge in [0.1, 0.15) is 5.76 Å². The lowest BCUT2D eigenvalue weighted by molar-refractivity contribution is -0.139. The van der Waals surface area contributed by atoms with Crippen LogP contribution in [0.25, 0.3) is 5.76 Å². The van der Waals surface area contributed by atoms with Gasteiger partial charge in [-0.25, -0.2) is 0 Å². The van der Waals surface area contributed by atoms with Crippen molar-refractivity contribution in [3.05, 3.63) is 74.8 Å². The monoisotopic (exact) mass is 498 g/mol. The molecule has 2 aromatic rings. The Balaban J connectivity index is 2.10. The van der Waals surface area contributed by atoms with Gasteiger partial charge in [0.25, 0.3) is 11.7 Å². The summed E-state index contributed by atoms with van der Waals surface area (Å²) in [4.78, 5) is 29.8. The number of aliphatic hydroxyl groups excluding tert-OH is 1. The van der Waals surface area contributed by atoms with Gasteiger partial charge in [0.2, 0.25) is 0 Å². The number of hydrogen-bond acceptors (Lipinski definition) is 4. The van der Waals surface area contributed by atoms with Gasteiger partial charge in [0, 0.05) is 16.6 Å². The van der Waals surface area contributed by atoms with E-state index >= 15 is 0 Å². The number of benzene rings is 2. The first-order valence-electron chi connectivity index (χ1n) is 10.9. The molecule has 0 bridgehead atoms. The van der Waals surface area contributed by atoms with Crippen LogP contribution in [0.2, 0.25) is 0 Å². The van der Waals surface area contributed by atoms with Gasteiger partial charge in [-0.05, 0) is 68.7 Å². The summed E-state index contributed by atoms with van der Waals surface area (Å²) in [5, 5.41) is 11.2. The maximum atomic E-state index is 13.1. The summed E-state index contributed by atoms with van der Waals surface area (Å²) in [7, 11) is 3.96. The molecule has 1 atom stereocenters. The zero-order valence-electron chi connectivity index (χ0n) is 19.4. The molecule has 3 rings (SSSR count). The molecule has 6 heteroatoms. The van der Waals surface area contributed by atoms with Crippen LogP contribution in [0, 0.1) is 6.92 Å². The standard InChI is InChI=1S/C26H31BrN2O3/c1-16(2)18-7-9-19(10-8-18)23-22(24(30)20-11-12-21(27)17(3)15-20)25(31)26(32)29(23)14-6-13-28(4)5/h7-12,15-16,23,30H,6,13-14H2,1-5H3/b24-22-. The fraction of sp³-hybridized carbons (Fsp3) is 0.385. The molecule has 1 aliphatic heterocycles. The maximum Gasteiger partial charge on any atom is 0.295 e. The van der Waals surface area contributed by atoms with Crippen LogP contribution < -0.4 is 0 Å². The third-order valence-electron chi connectivity index (χ3n) is 5.89. The van der Waals surface area contributed by atoms with Gasteiger partial charge in [-0.2, -0.15) is 0 Å². The molecule has 0 radical (unpaired) electrons.